The molecule has 0 fully saturated rings. The maximum Gasteiger partial charge on any atom is 0.248 e. The summed E-state index contributed by atoms with van der Waals surface area (Å²) >= 11 is 0. The maximum atomic E-state index is 14.3. The Morgan fingerprint density at radius 2 is 2.17 bits per heavy atom. The second-order valence-corrected chi connectivity index (χ2v) is 7.08. The second kappa shape index (κ2) is 7.37. The summed E-state index contributed by atoms with van der Waals surface area (Å²) in [6, 6.07) is 2.64. The molecule has 2 atom stereocenters. The molecule has 157 valence electrons. The Balaban J connectivity index is 0.00000181. The number of rotatable bonds is 3. The van der Waals surface area contributed by atoms with Gasteiger partial charge in [-0.05, 0) is 30.7 Å². The molecular formula is C21H19F3N3O3. The highest BCUT2D eigenvalue weighted by Crippen LogP contribution is 2.40. The molecule has 2 N–H and O–H groups in total. The van der Waals surface area contributed by atoms with E-state index in [2.05, 4.69) is 10.6 Å². The van der Waals surface area contributed by atoms with Gasteiger partial charge in [-0.2, -0.15) is 5.26 Å². The van der Waals surface area contributed by atoms with E-state index in [9.17, 15) is 22.8 Å². The Bertz CT molecular complexity index is 1110. The number of nitrogens with zero attached hydrogens (tertiary/aromatic N) is 1. The molecule has 1 radical (unpaired) electrons. The molecule has 1 aliphatic carbocycles. The van der Waals surface area contributed by atoms with Crippen LogP contribution in [0.25, 0.3) is 0 Å². The van der Waals surface area contributed by atoms with Crippen molar-refractivity contribution in [2.75, 3.05) is 6.61 Å². The number of halogens is 3. The lowest BCUT2D eigenvalue weighted by atomic mass is 9.80. The van der Waals surface area contributed by atoms with Crippen LogP contribution in [-0.4, -0.2) is 24.5 Å². The van der Waals surface area contributed by atoms with Crippen LogP contribution in [0.4, 0.5) is 13.2 Å². The van der Waals surface area contributed by atoms with Crippen LogP contribution < -0.4 is 15.4 Å². The van der Waals surface area contributed by atoms with Gasteiger partial charge in [-0.15, -0.1) is 0 Å². The van der Waals surface area contributed by atoms with Crippen LogP contribution >= 0.6 is 0 Å². The molecule has 2 aliphatic heterocycles. The van der Waals surface area contributed by atoms with Gasteiger partial charge in [0.05, 0.1) is 41.6 Å². The SMILES string of the molecule is CC1=C(CC(=O)N[C@@H]2COc3cc(C#N)cc(F)c32)C(=O)NC2C=CC(F)=C(F)[C]12.[HH].[HH]. The van der Waals surface area contributed by atoms with Crippen molar-refractivity contribution in [3.05, 3.63) is 69.9 Å². The molecule has 4 rings (SSSR count). The van der Waals surface area contributed by atoms with Crippen LogP contribution in [0.2, 0.25) is 0 Å². The van der Waals surface area contributed by atoms with Crippen LogP contribution in [0.5, 0.6) is 5.75 Å². The molecule has 0 aromatic heterocycles. The lowest BCUT2D eigenvalue weighted by Crippen LogP contribution is -2.46. The van der Waals surface area contributed by atoms with E-state index in [1.54, 1.807) is 0 Å². The molecule has 9 heteroatoms. The summed E-state index contributed by atoms with van der Waals surface area (Å²) in [5, 5.41) is 14.0. The van der Waals surface area contributed by atoms with Gasteiger partial charge in [0.15, 0.2) is 5.83 Å². The number of nitriles is 1. The Kier molecular flexibility index (Phi) is 4.86. The van der Waals surface area contributed by atoms with E-state index < -0.39 is 47.8 Å². The fraction of sp³-hybridized carbons (Fsp3) is 0.238. The molecular weight excluding hydrogens is 399 g/mol. The lowest BCUT2D eigenvalue weighted by Gasteiger charge is -2.33. The highest BCUT2D eigenvalue weighted by atomic mass is 19.2. The Morgan fingerprint density at radius 1 is 1.40 bits per heavy atom. The summed E-state index contributed by atoms with van der Waals surface area (Å²) in [4.78, 5) is 24.9. The van der Waals surface area contributed by atoms with E-state index in [1.165, 1.54) is 19.1 Å². The zero-order valence-corrected chi connectivity index (χ0v) is 15.7. The summed E-state index contributed by atoms with van der Waals surface area (Å²) in [6.45, 7) is 1.41. The molecule has 6 nitrogen and oxygen atoms in total. The Hall–Kier alpha value is -3.54. The van der Waals surface area contributed by atoms with Crippen molar-refractivity contribution in [1.29, 1.82) is 5.26 Å². The molecule has 1 aromatic rings. The van der Waals surface area contributed by atoms with E-state index in [1.807, 2.05) is 6.07 Å². The zero-order chi connectivity index (χ0) is 21.6. The fourth-order valence-corrected chi connectivity index (χ4v) is 3.80. The monoisotopic (exact) mass is 418 g/mol. The third-order valence-electron chi connectivity index (χ3n) is 5.26. The molecule has 2 amide bonds. The van der Waals surface area contributed by atoms with E-state index >= 15 is 0 Å². The van der Waals surface area contributed by atoms with Crippen LogP contribution in [0.3, 0.4) is 0 Å². The highest BCUT2D eigenvalue weighted by Gasteiger charge is 2.40. The summed E-state index contributed by atoms with van der Waals surface area (Å²) in [6.07, 6.45) is 1.87. The van der Waals surface area contributed by atoms with Crippen LogP contribution in [-0.2, 0) is 9.59 Å². The molecule has 1 aromatic carbocycles. The average molecular weight is 418 g/mol. The number of amides is 2. The van der Waals surface area contributed by atoms with Crippen molar-refractivity contribution >= 4 is 11.8 Å². The number of hydrogen-bond acceptors (Lipinski definition) is 4. The number of hydrogen-bond donors (Lipinski definition) is 2. The quantitative estimate of drug-likeness (QED) is 0.789. The Morgan fingerprint density at radius 3 is 2.90 bits per heavy atom. The second-order valence-electron chi connectivity index (χ2n) is 7.08. The molecule has 0 saturated heterocycles. The summed E-state index contributed by atoms with van der Waals surface area (Å²) < 4.78 is 47.6. The molecule has 0 spiro atoms. The van der Waals surface area contributed by atoms with E-state index in [0.717, 1.165) is 12.1 Å². The number of carbonyl (C=O) groups excluding carboxylic acids is 2. The number of carbonyl (C=O) groups is 2. The molecule has 3 aliphatic rings. The standard InChI is InChI=1S/C21H15F3N3O3.2H2/c1-9-11(21(29)27-14-3-2-12(22)20(24)18(9)14)6-17(28)26-15-8-30-16-5-10(7-25)4-13(23)19(15)16;;/h2-5,14-15H,6,8H2,1H3,(H,26,28)(H,27,29);2*1H/t14?,15-;;/m1../s1. The van der Waals surface area contributed by atoms with Crippen LogP contribution in [0.15, 0.2) is 47.1 Å². The molecule has 0 saturated carbocycles. The first-order chi connectivity index (χ1) is 14.3. The highest BCUT2D eigenvalue weighted by molar-refractivity contribution is 6.02. The molecule has 2 heterocycles. The lowest BCUT2D eigenvalue weighted by molar-refractivity contribution is -0.124. The van der Waals surface area contributed by atoms with Crippen molar-refractivity contribution in [2.24, 2.45) is 0 Å². The summed E-state index contributed by atoms with van der Waals surface area (Å²) in [7, 11) is 0. The third kappa shape index (κ3) is 3.24. The van der Waals surface area contributed by atoms with Crippen LogP contribution in [0.1, 0.15) is 33.4 Å². The van der Waals surface area contributed by atoms with Gasteiger partial charge in [-0.3, -0.25) is 9.59 Å². The van der Waals surface area contributed by atoms with Gasteiger partial charge in [-0.1, -0.05) is 6.08 Å². The third-order valence-corrected chi connectivity index (χ3v) is 5.26. The number of fused-ring (bicyclic) bond motifs is 2. The van der Waals surface area contributed by atoms with Gasteiger partial charge in [0.2, 0.25) is 11.8 Å². The molecule has 30 heavy (non-hydrogen) atoms. The van der Waals surface area contributed by atoms with Gasteiger partial charge in [-0.25, -0.2) is 13.2 Å². The summed E-state index contributed by atoms with van der Waals surface area (Å²) in [5.41, 5.74) is 0.387. The number of ether oxygens (including phenoxy) is 1. The minimum Gasteiger partial charge on any atom is -0.491 e. The van der Waals surface area contributed by atoms with Gasteiger partial charge in [0.1, 0.15) is 24.0 Å². The molecule has 1 unspecified atom stereocenters. The first-order valence-electron chi connectivity index (χ1n) is 9.07. The van der Waals surface area contributed by atoms with Crippen molar-refractivity contribution in [1.82, 2.24) is 10.6 Å². The first kappa shape index (κ1) is 19.8. The zero-order valence-electron chi connectivity index (χ0n) is 15.7. The smallest absolute Gasteiger partial charge is 0.248 e. The largest absolute Gasteiger partial charge is 0.491 e. The fourth-order valence-electron chi connectivity index (χ4n) is 3.80. The summed E-state index contributed by atoms with van der Waals surface area (Å²) in [5.74, 6) is -3.85. The predicted molar refractivity (Wildman–Crippen MR) is 103 cm³/mol. The van der Waals surface area contributed by atoms with Gasteiger partial charge in [0.25, 0.3) is 0 Å². The van der Waals surface area contributed by atoms with Gasteiger partial charge in [0, 0.05) is 8.43 Å². The average Bonchev–Trinajstić information content (AvgIpc) is 3.10. The topological polar surface area (TPSA) is 91.2 Å². The van der Waals surface area contributed by atoms with Gasteiger partial charge < -0.3 is 15.4 Å². The maximum absolute atomic E-state index is 14.3. The van der Waals surface area contributed by atoms with E-state index in [0.29, 0.717) is 0 Å². The van der Waals surface area contributed by atoms with E-state index in [4.69, 9.17) is 10.00 Å². The Labute approximate surface area is 172 Å². The predicted octanol–water partition coefficient (Wildman–Crippen LogP) is 3.24. The van der Waals surface area contributed by atoms with Crippen molar-refractivity contribution in [3.63, 3.8) is 0 Å². The minimum absolute atomic E-state index is 0. The van der Waals surface area contributed by atoms with Gasteiger partial charge >= 0.3 is 0 Å². The van der Waals surface area contributed by atoms with Crippen molar-refractivity contribution in [3.8, 4) is 11.8 Å². The van der Waals surface area contributed by atoms with E-state index in [-0.39, 0.29) is 43.4 Å². The number of benzene rings is 1. The van der Waals surface area contributed by atoms with Crippen molar-refractivity contribution < 1.29 is 30.4 Å². The van der Waals surface area contributed by atoms with Crippen LogP contribution in [0, 0.1) is 23.1 Å². The minimum atomic E-state index is -1.08. The number of allylic oxidation sites excluding steroid dienone is 2. The number of nitrogens with one attached hydrogen (secondary N) is 2. The first-order valence-corrected chi connectivity index (χ1v) is 9.07. The molecule has 0 bridgehead atoms. The normalized spacial score (nSPS) is 22.8. The van der Waals surface area contributed by atoms with Crippen molar-refractivity contribution in [2.45, 2.75) is 25.4 Å².